The Morgan fingerprint density at radius 2 is 2.00 bits per heavy atom. The van der Waals surface area contributed by atoms with Crippen molar-refractivity contribution in [1.82, 2.24) is 0 Å². The van der Waals surface area contributed by atoms with Gasteiger partial charge in [-0.15, -0.1) is 11.3 Å². The lowest BCUT2D eigenvalue weighted by Gasteiger charge is -2.11. The van der Waals surface area contributed by atoms with E-state index in [0.29, 0.717) is 0 Å². The number of thiophene rings is 1. The summed E-state index contributed by atoms with van der Waals surface area (Å²) in [5.41, 5.74) is 0.960. The summed E-state index contributed by atoms with van der Waals surface area (Å²) < 4.78 is 5.10. The minimum absolute atomic E-state index is 0.379. The highest BCUT2D eigenvalue weighted by Crippen LogP contribution is 2.22. The van der Waals surface area contributed by atoms with Gasteiger partial charge < -0.3 is 9.84 Å². The predicted octanol–water partition coefficient (Wildman–Crippen LogP) is 3.81. The van der Waals surface area contributed by atoms with Gasteiger partial charge >= 0.3 is 0 Å². The molecule has 1 heterocycles. The van der Waals surface area contributed by atoms with Crippen LogP contribution in [0.2, 0.25) is 0 Å². The summed E-state index contributed by atoms with van der Waals surface area (Å²) in [4.78, 5) is 1.39. The first-order valence-electron chi connectivity index (χ1n) is 6.14. The Morgan fingerprint density at radius 3 is 2.61 bits per heavy atom. The molecule has 0 radical (unpaired) electrons. The normalized spacial score (nSPS) is 12.3. The topological polar surface area (TPSA) is 29.5 Å². The summed E-state index contributed by atoms with van der Waals surface area (Å²) in [6.07, 6.45) is 2.47. The van der Waals surface area contributed by atoms with Crippen molar-refractivity contribution >= 4 is 11.3 Å². The number of hydrogen-bond acceptors (Lipinski definition) is 3. The van der Waals surface area contributed by atoms with Crippen molar-refractivity contribution in [2.75, 3.05) is 7.11 Å². The fourth-order valence-electron chi connectivity index (χ4n) is 1.92. The monoisotopic (exact) mass is 262 g/mol. The molecule has 0 aliphatic heterocycles. The van der Waals surface area contributed by atoms with Gasteiger partial charge in [0.25, 0.3) is 0 Å². The quantitative estimate of drug-likeness (QED) is 0.857. The van der Waals surface area contributed by atoms with E-state index >= 15 is 0 Å². The number of benzene rings is 1. The Morgan fingerprint density at radius 1 is 1.22 bits per heavy atom. The van der Waals surface area contributed by atoms with Gasteiger partial charge in [-0.05, 0) is 48.4 Å². The zero-order chi connectivity index (χ0) is 12.8. The van der Waals surface area contributed by atoms with Gasteiger partial charge in [-0.3, -0.25) is 0 Å². The van der Waals surface area contributed by atoms with E-state index in [1.54, 1.807) is 18.4 Å². The molecule has 1 atom stereocenters. The second kappa shape index (κ2) is 6.57. The Hall–Kier alpha value is -1.32. The second-order valence-corrected chi connectivity index (χ2v) is 5.29. The summed E-state index contributed by atoms with van der Waals surface area (Å²) in [5, 5.41) is 12.2. The van der Waals surface area contributed by atoms with Crippen LogP contribution in [0.1, 0.15) is 29.4 Å². The predicted molar refractivity (Wildman–Crippen MR) is 75.2 cm³/mol. The molecule has 1 aromatic carbocycles. The third-order valence-electron chi connectivity index (χ3n) is 2.98. The molecule has 18 heavy (non-hydrogen) atoms. The molecule has 0 saturated heterocycles. The lowest BCUT2D eigenvalue weighted by Crippen LogP contribution is -1.98. The molecule has 2 nitrogen and oxygen atoms in total. The van der Waals surface area contributed by atoms with E-state index in [0.717, 1.165) is 30.6 Å². The Kier molecular flexibility index (Phi) is 4.79. The van der Waals surface area contributed by atoms with Crippen LogP contribution in [0.4, 0.5) is 0 Å². The van der Waals surface area contributed by atoms with Crippen LogP contribution in [0.3, 0.4) is 0 Å². The third kappa shape index (κ3) is 3.59. The molecule has 2 rings (SSSR count). The maximum absolute atomic E-state index is 10.1. The molecule has 2 aromatic rings. The van der Waals surface area contributed by atoms with Gasteiger partial charge in [-0.25, -0.2) is 0 Å². The molecule has 1 aromatic heterocycles. The number of aryl methyl sites for hydroxylation is 1. The van der Waals surface area contributed by atoms with Gasteiger partial charge in [-0.1, -0.05) is 18.2 Å². The van der Waals surface area contributed by atoms with Crippen molar-refractivity contribution in [1.29, 1.82) is 0 Å². The summed E-state index contributed by atoms with van der Waals surface area (Å²) in [7, 11) is 1.65. The molecule has 0 aliphatic rings. The molecule has 0 spiro atoms. The van der Waals surface area contributed by atoms with E-state index in [2.05, 4.69) is 17.5 Å². The maximum atomic E-state index is 10.1. The zero-order valence-corrected chi connectivity index (χ0v) is 11.3. The van der Waals surface area contributed by atoms with Gasteiger partial charge in [0.1, 0.15) is 5.75 Å². The number of methoxy groups -OCH3 is 1. The molecule has 0 fully saturated rings. The van der Waals surface area contributed by atoms with Crippen LogP contribution in [-0.2, 0) is 6.42 Å². The highest BCUT2D eigenvalue weighted by molar-refractivity contribution is 7.09. The standard InChI is InChI=1S/C15H18O2S/c1-17-13-9-7-12(8-10-13)15(16)6-2-4-14-5-3-11-18-14/h3,5,7-11,15-16H,2,4,6H2,1H3. The zero-order valence-electron chi connectivity index (χ0n) is 10.5. The average Bonchev–Trinajstić information content (AvgIpc) is 2.92. The average molecular weight is 262 g/mol. The van der Waals surface area contributed by atoms with Gasteiger partial charge in [0.2, 0.25) is 0 Å². The van der Waals surface area contributed by atoms with Gasteiger partial charge in [-0.2, -0.15) is 0 Å². The van der Waals surface area contributed by atoms with Crippen LogP contribution in [0.15, 0.2) is 41.8 Å². The van der Waals surface area contributed by atoms with Crippen molar-refractivity contribution < 1.29 is 9.84 Å². The second-order valence-electron chi connectivity index (χ2n) is 4.26. The van der Waals surface area contributed by atoms with Crippen molar-refractivity contribution in [2.45, 2.75) is 25.4 Å². The highest BCUT2D eigenvalue weighted by Gasteiger charge is 2.07. The van der Waals surface area contributed by atoms with Crippen LogP contribution in [0.25, 0.3) is 0 Å². The molecule has 96 valence electrons. The summed E-state index contributed by atoms with van der Waals surface area (Å²) in [6.45, 7) is 0. The molecular weight excluding hydrogens is 244 g/mol. The molecule has 0 bridgehead atoms. The lowest BCUT2D eigenvalue weighted by atomic mass is 10.0. The number of rotatable bonds is 6. The van der Waals surface area contributed by atoms with Crippen LogP contribution >= 0.6 is 11.3 Å². The van der Waals surface area contributed by atoms with Crippen molar-refractivity contribution in [3.8, 4) is 5.75 Å². The fourth-order valence-corrected chi connectivity index (χ4v) is 2.67. The molecule has 1 unspecified atom stereocenters. The van der Waals surface area contributed by atoms with E-state index in [1.165, 1.54) is 4.88 Å². The van der Waals surface area contributed by atoms with Crippen LogP contribution in [-0.4, -0.2) is 12.2 Å². The summed E-state index contributed by atoms with van der Waals surface area (Å²) in [6, 6.07) is 11.8. The largest absolute Gasteiger partial charge is 0.497 e. The minimum atomic E-state index is -0.379. The van der Waals surface area contributed by atoms with Crippen LogP contribution < -0.4 is 4.74 Å². The summed E-state index contributed by atoms with van der Waals surface area (Å²) in [5.74, 6) is 0.824. The van der Waals surface area contributed by atoms with Gasteiger partial charge in [0.15, 0.2) is 0 Å². The Bertz CT molecular complexity index is 448. The third-order valence-corrected chi connectivity index (χ3v) is 3.92. The molecule has 0 aliphatic carbocycles. The van der Waals surface area contributed by atoms with Crippen molar-refractivity contribution in [2.24, 2.45) is 0 Å². The maximum Gasteiger partial charge on any atom is 0.118 e. The molecule has 1 N–H and O–H groups in total. The fraction of sp³-hybridized carbons (Fsp3) is 0.333. The first-order valence-corrected chi connectivity index (χ1v) is 7.02. The number of hydrogen-bond donors (Lipinski definition) is 1. The van der Waals surface area contributed by atoms with Crippen LogP contribution in [0, 0.1) is 0 Å². The molecule has 0 amide bonds. The van der Waals surface area contributed by atoms with E-state index in [-0.39, 0.29) is 6.10 Å². The Balaban J connectivity index is 1.81. The molecular formula is C15H18O2S. The van der Waals surface area contributed by atoms with Crippen LogP contribution in [0.5, 0.6) is 5.75 Å². The number of aliphatic hydroxyl groups is 1. The van der Waals surface area contributed by atoms with E-state index in [9.17, 15) is 5.11 Å². The van der Waals surface area contributed by atoms with Crippen molar-refractivity contribution in [3.63, 3.8) is 0 Å². The minimum Gasteiger partial charge on any atom is -0.497 e. The highest BCUT2D eigenvalue weighted by atomic mass is 32.1. The first-order chi connectivity index (χ1) is 8.79. The van der Waals surface area contributed by atoms with Gasteiger partial charge in [0.05, 0.1) is 13.2 Å². The first kappa shape index (κ1) is 13.1. The Labute approximate surface area is 112 Å². The van der Waals surface area contributed by atoms with Crippen molar-refractivity contribution in [3.05, 3.63) is 52.2 Å². The van der Waals surface area contributed by atoms with E-state index in [4.69, 9.17) is 4.74 Å². The van der Waals surface area contributed by atoms with E-state index < -0.39 is 0 Å². The van der Waals surface area contributed by atoms with Gasteiger partial charge in [0, 0.05) is 4.88 Å². The number of aliphatic hydroxyl groups excluding tert-OH is 1. The SMILES string of the molecule is COc1ccc(C(O)CCCc2cccs2)cc1. The number of ether oxygens (including phenoxy) is 1. The molecule has 0 saturated carbocycles. The summed E-state index contributed by atoms with van der Waals surface area (Å²) >= 11 is 1.78. The van der Waals surface area contributed by atoms with E-state index in [1.807, 2.05) is 24.3 Å². The smallest absolute Gasteiger partial charge is 0.118 e. The molecule has 3 heteroatoms. The lowest BCUT2D eigenvalue weighted by molar-refractivity contribution is 0.164.